The maximum atomic E-state index is 3.64. The molecule has 0 radical (unpaired) electrons. The van der Waals surface area contributed by atoms with Gasteiger partial charge in [0.2, 0.25) is 0 Å². The highest BCUT2D eigenvalue weighted by Gasteiger charge is 2.28. The summed E-state index contributed by atoms with van der Waals surface area (Å²) in [5.74, 6) is 0. The maximum absolute atomic E-state index is 3.64. The quantitative estimate of drug-likeness (QED) is 0.891. The van der Waals surface area contributed by atoms with Crippen LogP contribution < -0.4 is 10.2 Å². The van der Waals surface area contributed by atoms with Crippen molar-refractivity contribution in [2.45, 2.75) is 45.8 Å². The Bertz CT molecular complexity index is 465. The molecule has 1 aliphatic rings. The van der Waals surface area contributed by atoms with Crippen molar-refractivity contribution >= 4 is 21.6 Å². The number of hydrogen-bond donors (Lipinski definition) is 1. The molecule has 1 aliphatic heterocycles. The molecular formula is C17H28BrN3. The van der Waals surface area contributed by atoms with E-state index in [1.165, 1.54) is 11.3 Å². The summed E-state index contributed by atoms with van der Waals surface area (Å²) >= 11 is 3.64. The number of anilines is 1. The summed E-state index contributed by atoms with van der Waals surface area (Å²) in [4.78, 5) is 5.02. The molecular weight excluding hydrogens is 326 g/mol. The molecule has 1 N–H and O–H groups in total. The van der Waals surface area contributed by atoms with E-state index in [2.05, 4.69) is 84.0 Å². The van der Waals surface area contributed by atoms with Gasteiger partial charge in [0.05, 0.1) is 0 Å². The van der Waals surface area contributed by atoms with Crippen LogP contribution in [0.5, 0.6) is 0 Å². The molecule has 0 amide bonds. The number of nitrogens with one attached hydrogen (secondary N) is 1. The zero-order chi connectivity index (χ0) is 15.6. The number of hydrogen-bond acceptors (Lipinski definition) is 3. The lowest BCUT2D eigenvalue weighted by atomic mass is 10.0. The molecule has 0 aromatic heterocycles. The van der Waals surface area contributed by atoms with E-state index < -0.39 is 0 Å². The first-order valence-corrected chi connectivity index (χ1v) is 8.73. The minimum Gasteiger partial charge on any atom is -0.368 e. The van der Waals surface area contributed by atoms with Crippen molar-refractivity contribution < 1.29 is 0 Å². The van der Waals surface area contributed by atoms with Gasteiger partial charge >= 0.3 is 0 Å². The highest BCUT2D eigenvalue weighted by molar-refractivity contribution is 9.10. The lowest BCUT2D eigenvalue weighted by molar-refractivity contribution is 0.170. The molecule has 2 rings (SSSR count). The molecule has 3 unspecified atom stereocenters. The molecule has 118 valence electrons. The van der Waals surface area contributed by atoms with Crippen LogP contribution in [0, 0.1) is 0 Å². The third-order valence-electron chi connectivity index (χ3n) is 4.67. The summed E-state index contributed by atoms with van der Waals surface area (Å²) in [5.41, 5.74) is 2.76. The van der Waals surface area contributed by atoms with Gasteiger partial charge in [-0.3, -0.25) is 4.90 Å². The molecule has 1 saturated heterocycles. The van der Waals surface area contributed by atoms with E-state index in [0.717, 1.165) is 24.1 Å². The topological polar surface area (TPSA) is 18.5 Å². The van der Waals surface area contributed by atoms with Crippen molar-refractivity contribution in [3.05, 3.63) is 28.2 Å². The van der Waals surface area contributed by atoms with Gasteiger partial charge in [0.1, 0.15) is 0 Å². The highest BCUT2D eigenvalue weighted by atomic mass is 79.9. The third kappa shape index (κ3) is 3.79. The average Bonchev–Trinajstić information content (AvgIpc) is 2.44. The molecule has 0 saturated carbocycles. The van der Waals surface area contributed by atoms with Crippen LogP contribution in [0.4, 0.5) is 5.69 Å². The van der Waals surface area contributed by atoms with Crippen molar-refractivity contribution in [2.75, 3.05) is 31.6 Å². The number of nitrogens with zero attached hydrogens (tertiary/aromatic N) is 2. The maximum Gasteiger partial charge on any atom is 0.0427 e. The van der Waals surface area contributed by atoms with Crippen molar-refractivity contribution in [2.24, 2.45) is 0 Å². The molecule has 21 heavy (non-hydrogen) atoms. The van der Waals surface area contributed by atoms with Crippen LogP contribution in [0.2, 0.25) is 0 Å². The molecule has 0 aliphatic carbocycles. The lowest BCUT2D eigenvalue weighted by Gasteiger charge is -2.44. The monoisotopic (exact) mass is 353 g/mol. The fourth-order valence-electron chi connectivity index (χ4n) is 3.17. The fourth-order valence-corrected chi connectivity index (χ4v) is 3.52. The third-order valence-corrected chi connectivity index (χ3v) is 5.16. The van der Waals surface area contributed by atoms with E-state index in [4.69, 9.17) is 0 Å². The number of likely N-dealkylation sites (N-methyl/N-ethyl adjacent to an activating group) is 1. The van der Waals surface area contributed by atoms with E-state index in [0.29, 0.717) is 18.1 Å². The van der Waals surface area contributed by atoms with Crippen LogP contribution >= 0.6 is 15.9 Å². The second-order valence-electron chi connectivity index (χ2n) is 6.25. The van der Waals surface area contributed by atoms with E-state index in [1.807, 2.05) is 0 Å². The van der Waals surface area contributed by atoms with Gasteiger partial charge in [-0.05, 0) is 52.1 Å². The Labute approximate surface area is 137 Å². The average molecular weight is 354 g/mol. The summed E-state index contributed by atoms with van der Waals surface area (Å²) in [6.45, 7) is 12.2. The number of rotatable bonds is 4. The summed E-state index contributed by atoms with van der Waals surface area (Å²) in [7, 11) is 2.23. The fraction of sp³-hybridized carbons (Fsp3) is 0.647. The molecule has 1 aromatic rings. The Hall–Kier alpha value is -0.580. The zero-order valence-electron chi connectivity index (χ0n) is 13.9. The molecule has 3 atom stereocenters. The first-order chi connectivity index (χ1) is 9.93. The smallest absolute Gasteiger partial charge is 0.0427 e. The Kier molecular flexibility index (Phi) is 5.69. The minimum atomic E-state index is 0.378. The second-order valence-corrected chi connectivity index (χ2v) is 7.17. The van der Waals surface area contributed by atoms with Crippen molar-refractivity contribution in [3.8, 4) is 0 Å². The van der Waals surface area contributed by atoms with Crippen LogP contribution in [-0.4, -0.2) is 43.7 Å². The van der Waals surface area contributed by atoms with Gasteiger partial charge in [-0.1, -0.05) is 28.9 Å². The molecule has 1 aromatic carbocycles. The van der Waals surface area contributed by atoms with Gasteiger partial charge in [-0.15, -0.1) is 0 Å². The van der Waals surface area contributed by atoms with Crippen LogP contribution in [0.1, 0.15) is 39.3 Å². The van der Waals surface area contributed by atoms with E-state index >= 15 is 0 Å². The first kappa shape index (κ1) is 16.8. The lowest BCUT2D eigenvalue weighted by Crippen LogP contribution is -2.55. The number of benzene rings is 1. The standard InChI is InChI=1S/C17H28BrN3/c1-6-19-14(4)16-8-7-15(18)9-17(16)21-10-12(2)20(5)13(3)11-21/h7-9,12-14,19H,6,10-11H2,1-5H3. The van der Waals surface area contributed by atoms with Gasteiger partial charge in [-0.25, -0.2) is 0 Å². The van der Waals surface area contributed by atoms with Gasteiger partial charge in [0.15, 0.2) is 0 Å². The molecule has 4 heteroatoms. The number of piperazine rings is 1. The van der Waals surface area contributed by atoms with E-state index in [-0.39, 0.29) is 0 Å². The molecule has 1 heterocycles. The van der Waals surface area contributed by atoms with E-state index in [9.17, 15) is 0 Å². The minimum absolute atomic E-state index is 0.378. The zero-order valence-corrected chi connectivity index (χ0v) is 15.4. The Morgan fingerprint density at radius 3 is 2.48 bits per heavy atom. The van der Waals surface area contributed by atoms with Gasteiger partial charge < -0.3 is 10.2 Å². The van der Waals surface area contributed by atoms with Crippen LogP contribution in [0.3, 0.4) is 0 Å². The Morgan fingerprint density at radius 1 is 1.29 bits per heavy atom. The predicted octanol–water partition coefficient (Wildman–Crippen LogP) is 3.65. The van der Waals surface area contributed by atoms with Gasteiger partial charge in [0.25, 0.3) is 0 Å². The van der Waals surface area contributed by atoms with Gasteiger partial charge in [0, 0.05) is 41.4 Å². The Morgan fingerprint density at radius 2 is 1.90 bits per heavy atom. The molecule has 0 spiro atoms. The van der Waals surface area contributed by atoms with Crippen molar-refractivity contribution in [3.63, 3.8) is 0 Å². The van der Waals surface area contributed by atoms with Crippen LogP contribution in [-0.2, 0) is 0 Å². The molecule has 1 fully saturated rings. The first-order valence-electron chi connectivity index (χ1n) is 7.93. The summed E-state index contributed by atoms with van der Waals surface area (Å²) in [5, 5.41) is 3.54. The normalized spacial score (nSPS) is 25.1. The van der Waals surface area contributed by atoms with Crippen molar-refractivity contribution in [1.29, 1.82) is 0 Å². The van der Waals surface area contributed by atoms with Gasteiger partial charge in [-0.2, -0.15) is 0 Å². The van der Waals surface area contributed by atoms with Crippen molar-refractivity contribution in [1.82, 2.24) is 10.2 Å². The number of halogens is 1. The predicted molar refractivity (Wildman–Crippen MR) is 95.1 cm³/mol. The molecule has 0 bridgehead atoms. The van der Waals surface area contributed by atoms with Crippen LogP contribution in [0.25, 0.3) is 0 Å². The highest BCUT2D eigenvalue weighted by Crippen LogP contribution is 2.32. The summed E-state index contributed by atoms with van der Waals surface area (Å²) in [6, 6.07) is 8.21. The molecule has 3 nitrogen and oxygen atoms in total. The summed E-state index contributed by atoms with van der Waals surface area (Å²) < 4.78 is 1.16. The SMILES string of the molecule is CCNC(C)c1ccc(Br)cc1N1CC(C)N(C)C(C)C1. The summed E-state index contributed by atoms with van der Waals surface area (Å²) in [6.07, 6.45) is 0. The Balaban J connectivity index is 2.31. The largest absolute Gasteiger partial charge is 0.368 e. The van der Waals surface area contributed by atoms with E-state index in [1.54, 1.807) is 0 Å². The second kappa shape index (κ2) is 7.12. The van der Waals surface area contributed by atoms with Crippen LogP contribution in [0.15, 0.2) is 22.7 Å².